The van der Waals surface area contributed by atoms with Crippen LogP contribution in [0.25, 0.3) is 0 Å². The van der Waals surface area contributed by atoms with Crippen LogP contribution < -0.4 is 9.47 Å². The van der Waals surface area contributed by atoms with Gasteiger partial charge in [0.15, 0.2) is 23.0 Å². The van der Waals surface area contributed by atoms with Crippen molar-refractivity contribution in [2.24, 2.45) is 0 Å². The molecule has 7 heteroatoms. The molecule has 2 aromatic rings. The fourth-order valence-electron chi connectivity index (χ4n) is 3.30. The number of esters is 1. The normalized spacial score (nSPS) is 12.8. The number of aryl methyl sites for hydroxylation is 2. The number of methoxy groups -OCH3 is 2. The maximum Gasteiger partial charge on any atom is 0.302 e. The summed E-state index contributed by atoms with van der Waals surface area (Å²) in [5.74, 6) is 0.533. The molecule has 2 atom stereocenters. The van der Waals surface area contributed by atoms with Crippen LogP contribution in [0.1, 0.15) is 37.3 Å². The van der Waals surface area contributed by atoms with Crippen molar-refractivity contribution in [3.63, 3.8) is 0 Å². The number of phenolic OH excluding ortho intramolecular Hbond substituents is 2. The summed E-state index contributed by atoms with van der Waals surface area (Å²) in [6.45, 7) is 1.35. The summed E-state index contributed by atoms with van der Waals surface area (Å²) in [5.41, 5.74) is 1.87. The number of hydrogen-bond acceptors (Lipinski definition) is 7. The lowest BCUT2D eigenvalue weighted by Gasteiger charge is -2.21. The maximum atomic E-state index is 11.5. The van der Waals surface area contributed by atoms with Gasteiger partial charge >= 0.3 is 5.97 Å². The van der Waals surface area contributed by atoms with Crippen molar-refractivity contribution in [2.75, 3.05) is 14.2 Å². The van der Waals surface area contributed by atoms with Crippen molar-refractivity contribution in [1.29, 1.82) is 0 Å². The molecule has 0 aliphatic carbocycles. The van der Waals surface area contributed by atoms with E-state index in [0.717, 1.165) is 11.1 Å². The van der Waals surface area contributed by atoms with E-state index >= 15 is 0 Å². The van der Waals surface area contributed by atoms with Gasteiger partial charge in [0, 0.05) is 13.3 Å². The quantitative estimate of drug-likeness (QED) is 0.481. The molecule has 0 saturated carbocycles. The zero-order chi connectivity index (χ0) is 22.1. The van der Waals surface area contributed by atoms with Crippen molar-refractivity contribution in [1.82, 2.24) is 0 Å². The topological polar surface area (TPSA) is 105 Å². The van der Waals surface area contributed by atoms with Crippen LogP contribution in [0.15, 0.2) is 36.4 Å². The number of hydrogen-bond donors (Lipinski definition) is 3. The van der Waals surface area contributed by atoms with E-state index in [1.165, 1.54) is 21.1 Å². The lowest BCUT2D eigenvalue weighted by molar-refractivity contribution is -0.148. The number of aliphatic hydroxyl groups excluding tert-OH is 1. The first-order valence-electron chi connectivity index (χ1n) is 9.89. The Morgan fingerprint density at radius 3 is 1.87 bits per heavy atom. The molecule has 0 amide bonds. The summed E-state index contributed by atoms with van der Waals surface area (Å²) in [4.78, 5) is 11.5. The third-order valence-electron chi connectivity index (χ3n) is 4.88. The Balaban J connectivity index is 1.92. The highest BCUT2D eigenvalue weighted by molar-refractivity contribution is 5.66. The van der Waals surface area contributed by atoms with Gasteiger partial charge in [0.05, 0.1) is 20.3 Å². The SMILES string of the molecule is COc1cc(CCC(O)CC(CCc2ccc(O)c(OC)c2)OC(C)=O)ccc1O. The number of aliphatic hydroxyl groups is 1. The molecule has 0 saturated heterocycles. The predicted octanol–water partition coefficient (Wildman–Crippen LogP) is 3.36. The molecule has 0 aliphatic heterocycles. The van der Waals surface area contributed by atoms with Crippen molar-refractivity contribution in [3.05, 3.63) is 47.5 Å². The first-order chi connectivity index (χ1) is 14.3. The molecular formula is C23H30O7. The number of benzene rings is 2. The van der Waals surface area contributed by atoms with Crippen LogP contribution in [0.4, 0.5) is 0 Å². The Kier molecular flexibility index (Phi) is 8.80. The highest BCUT2D eigenvalue weighted by Gasteiger charge is 2.18. The van der Waals surface area contributed by atoms with E-state index in [9.17, 15) is 20.1 Å². The first kappa shape index (κ1) is 23.3. The van der Waals surface area contributed by atoms with E-state index in [1.54, 1.807) is 36.4 Å². The largest absolute Gasteiger partial charge is 0.504 e. The highest BCUT2D eigenvalue weighted by Crippen LogP contribution is 2.28. The minimum Gasteiger partial charge on any atom is -0.504 e. The monoisotopic (exact) mass is 418 g/mol. The lowest BCUT2D eigenvalue weighted by atomic mass is 9.98. The number of ether oxygens (including phenoxy) is 3. The van der Waals surface area contributed by atoms with Crippen LogP contribution in [0.2, 0.25) is 0 Å². The zero-order valence-electron chi connectivity index (χ0n) is 17.6. The van der Waals surface area contributed by atoms with Gasteiger partial charge in [-0.2, -0.15) is 0 Å². The first-order valence-corrected chi connectivity index (χ1v) is 9.89. The number of carbonyl (C=O) groups excluding carboxylic acids is 1. The van der Waals surface area contributed by atoms with E-state index in [2.05, 4.69) is 0 Å². The third-order valence-corrected chi connectivity index (χ3v) is 4.88. The van der Waals surface area contributed by atoms with Gasteiger partial charge in [-0.1, -0.05) is 12.1 Å². The molecule has 0 heterocycles. The van der Waals surface area contributed by atoms with Crippen molar-refractivity contribution < 1.29 is 34.3 Å². The van der Waals surface area contributed by atoms with Crippen LogP contribution in [-0.2, 0) is 22.4 Å². The van der Waals surface area contributed by atoms with E-state index in [1.807, 2.05) is 0 Å². The molecule has 0 fully saturated rings. The highest BCUT2D eigenvalue weighted by atomic mass is 16.5. The standard InChI is InChI=1S/C23H30O7/c1-15(24)30-19(9-5-17-7-11-21(27)23(13-17)29-3)14-18(25)8-4-16-6-10-20(26)22(12-16)28-2/h6-7,10-13,18-19,25-27H,4-5,8-9,14H2,1-3H3. The van der Waals surface area contributed by atoms with Crippen LogP contribution in [0.3, 0.4) is 0 Å². The molecule has 164 valence electrons. The minimum atomic E-state index is -0.650. The number of phenols is 2. The van der Waals surface area contributed by atoms with Gasteiger partial charge in [0.2, 0.25) is 0 Å². The van der Waals surface area contributed by atoms with Crippen LogP contribution in [0, 0.1) is 0 Å². The molecule has 3 N–H and O–H groups in total. The number of rotatable bonds is 11. The Labute approximate surface area is 176 Å². The number of carbonyl (C=O) groups is 1. The van der Waals surface area contributed by atoms with Gasteiger partial charge < -0.3 is 29.5 Å². The summed E-state index contributed by atoms with van der Waals surface area (Å²) in [6.07, 6.45) is 1.48. The molecule has 30 heavy (non-hydrogen) atoms. The summed E-state index contributed by atoms with van der Waals surface area (Å²) < 4.78 is 15.6. The minimum absolute atomic E-state index is 0.0686. The molecule has 2 rings (SSSR count). The summed E-state index contributed by atoms with van der Waals surface area (Å²) in [5, 5.41) is 29.8. The van der Waals surface area contributed by atoms with Crippen molar-refractivity contribution in [3.8, 4) is 23.0 Å². The van der Waals surface area contributed by atoms with Crippen LogP contribution >= 0.6 is 0 Å². The van der Waals surface area contributed by atoms with Crippen LogP contribution in [-0.4, -0.2) is 47.7 Å². The summed E-state index contributed by atoms with van der Waals surface area (Å²) >= 11 is 0. The Morgan fingerprint density at radius 1 is 0.900 bits per heavy atom. The smallest absolute Gasteiger partial charge is 0.302 e. The Hall–Kier alpha value is -2.93. The maximum absolute atomic E-state index is 11.5. The van der Waals surface area contributed by atoms with Gasteiger partial charge in [-0.05, 0) is 61.1 Å². The summed E-state index contributed by atoms with van der Waals surface area (Å²) in [6, 6.07) is 10.2. The molecule has 2 aromatic carbocycles. The van der Waals surface area contributed by atoms with Crippen LogP contribution in [0.5, 0.6) is 23.0 Å². The molecule has 0 radical (unpaired) electrons. The second-order valence-corrected chi connectivity index (χ2v) is 7.21. The molecule has 2 unspecified atom stereocenters. The van der Waals surface area contributed by atoms with Gasteiger partial charge in [0.1, 0.15) is 6.10 Å². The molecule has 0 spiro atoms. The Bertz CT molecular complexity index is 834. The molecule has 0 aromatic heterocycles. The zero-order valence-corrected chi connectivity index (χ0v) is 17.6. The van der Waals surface area contributed by atoms with Gasteiger partial charge in [-0.3, -0.25) is 4.79 Å². The van der Waals surface area contributed by atoms with Gasteiger partial charge in [-0.25, -0.2) is 0 Å². The lowest BCUT2D eigenvalue weighted by Crippen LogP contribution is -2.24. The molecule has 0 bridgehead atoms. The number of aromatic hydroxyl groups is 2. The van der Waals surface area contributed by atoms with Crippen molar-refractivity contribution >= 4 is 5.97 Å². The van der Waals surface area contributed by atoms with Crippen molar-refractivity contribution in [2.45, 2.75) is 51.2 Å². The predicted molar refractivity (Wildman–Crippen MR) is 112 cm³/mol. The van der Waals surface area contributed by atoms with Gasteiger partial charge in [-0.15, -0.1) is 0 Å². The Morgan fingerprint density at radius 2 is 1.40 bits per heavy atom. The van der Waals surface area contributed by atoms with Gasteiger partial charge in [0.25, 0.3) is 0 Å². The molecule has 7 nitrogen and oxygen atoms in total. The van der Waals surface area contributed by atoms with E-state index < -0.39 is 18.2 Å². The van der Waals surface area contributed by atoms with E-state index in [0.29, 0.717) is 43.6 Å². The van der Waals surface area contributed by atoms with E-state index in [-0.39, 0.29) is 11.5 Å². The fourth-order valence-corrected chi connectivity index (χ4v) is 3.30. The average Bonchev–Trinajstić information content (AvgIpc) is 2.72. The second-order valence-electron chi connectivity index (χ2n) is 7.21. The second kappa shape index (κ2) is 11.3. The third kappa shape index (κ3) is 7.15. The van der Waals surface area contributed by atoms with E-state index in [4.69, 9.17) is 14.2 Å². The summed E-state index contributed by atoms with van der Waals surface area (Å²) in [7, 11) is 2.97. The molecular weight excluding hydrogens is 388 g/mol. The molecule has 0 aliphatic rings. The average molecular weight is 418 g/mol. The fraction of sp³-hybridized carbons (Fsp3) is 0.435.